The lowest BCUT2D eigenvalue weighted by Gasteiger charge is -2.10. The molecule has 3 heterocycles. The predicted octanol–water partition coefficient (Wildman–Crippen LogP) is 3.04. The third kappa shape index (κ3) is 2.61. The van der Waals surface area contributed by atoms with Crippen LogP contribution in [0, 0.1) is 6.92 Å². The second kappa shape index (κ2) is 5.98. The Bertz CT molecular complexity index is 1130. The summed E-state index contributed by atoms with van der Waals surface area (Å²) in [5.74, 6) is 0.759. The first-order valence-corrected chi connectivity index (χ1v) is 8.16. The molecule has 1 N–H and O–H groups in total. The van der Waals surface area contributed by atoms with Gasteiger partial charge in [0.25, 0.3) is 5.56 Å². The average molecular weight is 331 g/mol. The quantitative estimate of drug-likeness (QED) is 0.626. The summed E-state index contributed by atoms with van der Waals surface area (Å²) in [4.78, 5) is 23.5. The Morgan fingerprint density at radius 1 is 1.20 bits per heavy atom. The molecule has 0 unspecified atom stereocenters. The molecule has 0 radical (unpaired) electrons. The smallest absolute Gasteiger partial charge is 0.258 e. The lowest BCUT2D eigenvalue weighted by Crippen LogP contribution is -2.07. The fourth-order valence-electron chi connectivity index (χ4n) is 2.99. The minimum absolute atomic E-state index is 0.148. The van der Waals surface area contributed by atoms with Crippen molar-refractivity contribution in [2.24, 2.45) is 0 Å². The van der Waals surface area contributed by atoms with Crippen molar-refractivity contribution in [2.75, 3.05) is 0 Å². The number of hydrogen-bond acceptors (Lipinski definition) is 4. The van der Waals surface area contributed by atoms with Gasteiger partial charge in [-0.15, -0.1) is 0 Å². The van der Waals surface area contributed by atoms with Gasteiger partial charge in [0, 0.05) is 11.3 Å². The Labute approximate surface area is 144 Å². The molecule has 6 heteroatoms. The second-order valence-corrected chi connectivity index (χ2v) is 5.88. The molecule has 0 saturated carbocycles. The van der Waals surface area contributed by atoms with Crippen molar-refractivity contribution in [1.82, 2.24) is 24.7 Å². The molecule has 0 aliphatic carbocycles. The van der Waals surface area contributed by atoms with Crippen LogP contribution in [0.1, 0.15) is 18.2 Å². The van der Waals surface area contributed by atoms with Gasteiger partial charge in [-0.3, -0.25) is 4.79 Å². The van der Waals surface area contributed by atoms with Crippen LogP contribution >= 0.6 is 0 Å². The number of rotatable bonds is 3. The summed E-state index contributed by atoms with van der Waals surface area (Å²) >= 11 is 0. The summed E-state index contributed by atoms with van der Waals surface area (Å²) in [6.45, 7) is 4.04. The van der Waals surface area contributed by atoms with Crippen molar-refractivity contribution < 1.29 is 0 Å². The second-order valence-electron chi connectivity index (χ2n) is 5.88. The van der Waals surface area contributed by atoms with Crippen LogP contribution in [-0.4, -0.2) is 24.7 Å². The molecule has 25 heavy (non-hydrogen) atoms. The topological polar surface area (TPSA) is 76.5 Å². The van der Waals surface area contributed by atoms with E-state index in [1.54, 1.807) is 0 Å². The highest BCUT2D eigenvalue weighted by Crippen LogP contribution is 2.28. The Morgan fingerprint density at radius 3 is 2.88 bits per heavy atom. The summed E-state index contributed by atoms with van der Waals surface area (Å²) in [5, 5.41) is 5.09. The minimum atomic E-state index is -0.148. The third-order valence-corrected chi connectivity index (χ3v) is 4.23. The lowest BCUT2D eigenvalue weighted by atomic mass is 10.0. The number of aromatic amines is 1. The molecule has 4 aromatic rings. The van der Waals surface area contributed by atoms with E-state index in [2.05, 4.69) is 27.0 Å². The van der Waals surface area contributed by atoms with Gasteiger partial charge < -0.3 is 4.98 Å². The largest absolute Gasteiger partial charge is 0.313 e. The fraction of sp³-hybridized carbons (Fsp3) is 0.158. The van der Waals surface area contributed by atoms with Crippen molar-refractivity contribution in [3.63, 3.8) is 0 Å². The number of pyridine rings is 1. The summed E-state index contributed by atoms with van der Waals surface area (Å²) in [6, 6.07) is 11.5. The number of H-pyrrole nitrogens is 1. The summed E-state index contributed by atoms with van der Waals surface area (Å²) in [6.07, 6.45) is 4.11. The number of fused-ring (bicyclic) bond motifs is 1. The van der Waals surface area contributed by atoms with Gasteiger partial charge in [0.1, 0.15) is 0 Å². The summed E-state index contributed by atoms with van der Waals surface area (Å²) in [7, 11) is 0. The Kier molecular flexibility index (Phi) is 3.65. The molecule has 0 fully saturated rings. The van der Waals surface area contributed by atoms with Crippen molar-refractivity contribution >= 4 is 10.9 Å². The van der Waals surface area contributed by atoms with E-state index < -0.39 is 0 Å². The molecule has 3 aromatic heterocycles. The number of aryl methyl sites for hydroxylation is 2. The molecular weight excluding hydrogens is 314 g/mol. The first-order chi connectivity index (χ1) is 12.2. The van der Waals surface area contributed by atoms with Crippen molar-refractivity contribution in [2.45, 2.75) is 20.3 Å². The highest BCUT2D eigenvalue weighted by Gasteiger charge is 2.15. The van der Waals surface area contributed by atoms with Crippen LogP contribution < -0.4 is 5.56 Å². The predicted molar refractivity (Wildman–Crippen MR) is 96.8 cm³/mol. The van der Waals surface area contributed by atoms with Gasteiger partial charge in [0.15, 0.2) is 5.82 Å². The van der Waals surface area contributed by atoms with E-state index >= 15 is 0 Å². The van der Waals surface area contributed by atoms with E-state index in [9.17, 15) is 4.79 Å². The van der Waals surface area contributed by atoms with Gasteiger partial charge in [0.05, 0.1) is 29.1 Å². The monoisotopic (exact) mass is 331 g/mol. The first kappa shape index (κ1) is 15.3. The molecule has 124 valence electrons. The summed E-state index contributed by atoms with van der Waals surface area (Å²) in [5.41, 5.74) is 4.42. The molecular formula is C19H17N5O. The van der Waals surface area contributed by atoms with Gasteiger partial charge in [0.2, 0.25) is 0 Å². The molecule has 0 atom stereocenters. The molecule has 4 rings (SSSR count). The van der Waals surface area contributed by atoms with Crippen LogP contribution in [0.4, 0.5) is 0 Å². The van der Waals surface area contributed by atoms with E-state index in [0.717, 1.165) is 34.8 Å². The van der Waals surface area contributed by atoms with E-state index in [-0.39, 0.29) is 5.56 Å². The number of nitrogens with zero attached hydrogens (tertiary/aromatic N) is 4. The molecule has 0 spiro atoms. The molecule has 6 nitrogen and oxygen atoms in total. The molecule has 1 aromatic carbocycles. The Balaban J connectivity index is 1.97. The van der Waals surface area contributed by atoms with E-state index in [4.69, 9.17) is 0 Å². The van der Waals surface area contributed by atoms with Gasteiger partial charge in [-0.1, -0.05) is 19.1 Å². The minimum Gasteiger partial charge on any atom is -0.313 e. The Morgan fingerprint density at radius 2 is 2.08 bits per heavy atom. The van der Waals surface area contributed by atoms with Crippen molar-refractivity contribution in [3.8, 4) is 17.1 Å². The molecule has 0 aliphatic heterocycles. The molecule has 0 bridgehead atoms. The van der Waals surface area contributed by atoms with Gasteiger partial charge in [-0.2, -0.15) is 5.10 Å². The maximum atomic E-state index is 12.1. The van der Waals surface area contributed by atoms with Crippen LogP contribution in [0.2, 0.25) is 0 Å². The van der Waals surface area contributed by atoms with E-state index in [0.29, 0.717) is 10.9 Å². The maximum absolute atomic E-state index is 12.1. The van der Waals surface area contributed by atoms with Crippen molar-refractivity contribution in [1.29, 1.82) is 0 Å². The Hall–Kier alpha value is -3.28. The van der Waals surface area contributed by atoms with Gasteiger partial charge in [-0.25, -0.2) is 14.6 Å². The van der Waals surface area contributed by atoms with Crippen LogP contribution in [0.5, 0.6) is 0 Å². The fourth-order valence-corrected chi connectivity index (χ4v) is 2.99. The van der Waals surface area contributed by atoms with Crippen LogP contribution in [0.15, 0.2) is 53.7 Å². The highest BCUT2D eigenvalue weighted by molar-refractivity contribution is 5.83. The van der Waals surface area contributed by atoms with Crippen LogP contribution in [0.3, 0.4) is 0 Å². The number of benzene rings is 1. The molecule has 0 amide bonds. The molecule has 0 saturated heterocycles. The maximum Gasteiger partial charge on any atom is 0.258 e. The lowest BCUT2D eigenvalue weighted by molar-refractivity contribution is 0.847. The first-order valence-electron chi connectivity index (χ1n) is 8.16. The van der Waals surface area contributed by atoms with E-state index in [1.165, 1.54) is 6.33 Å². The standard InChI is InChI=1S/C19H17N5O/c1-3-13-10-22-24(17-6-4-5-12(2)23-17)18(13)14-7-8-16-15(9-14)19(25)21-11-20-16/h4-11H,3H2,1-2H3,(H,20,21,25). The number of nitrogens with one attached hydrogen (secondary N) is 1. The van der Waals surface area contributed by atoms with Gasteiger partial charge >= 0.3 is 0 Å². The van der Waals surface area contributed by atoms with Crippen LogP contribution in [0.25, 0.3) is 28.0 Å². The van der Waals surface area contributed by atoms with Crippen LogP contribution in [-0.2, 0) is 6.42 Å². The third-order valence-electron chi connectivity index (χ3n) is 4.23. The van der Waals surface area contributed by atoms with Gasteiger partial charge in [-0.05, 0) is 43.2 Å². The summed E-state index contributed by atoms with van der Waals surface area (Å²) < 4.78 is 1.83. The molecule has 0 aliphatic rings. The zero-order valence-electron chi connectivity index (χ0n) is 14.0. The average Bonchev–Trinajstić information content (AvgIpc) is 3.06. The number of hydrogen-bond donors (Lipinski definition) is 1. The van der Waals surface area contributed by atoms with Crippen molar-refractivity contribution in [3.05, 3.63) is 70.5 Å². The number of aromatic nitrogens is 5. The zero-order valence-corrected chi connectivity index (χ0v) is 14.0. The zero-order chi connectivity index (χ0) is 17.4. The normalized spacial score (nSPS) is 11.1. The SMILES string of the molecule is CCc1cnn(-c2cccc(C)n2)c1-c1ccc2nc[nH]c(=O)c2c1. The van der Waals surface area contributed by atoms with E-state index in [1.807, 2.05) is 54.2 Å². The highest BCUT2D eigenvalue weighted by atomic mass is 16.1.